The van der Waals surface area contributed by atoms with Gasteiger partial charge in [0.25, 0.3) is 0 Å². The summed E-state index contributed by atoms with van der Waals surface area (Å²) in [6.45, 7) is 2.16. The number of thiophene rings is 1. The Labute approximate surface area is 191 Å². The largest absolute Gasteiger partial charge is 0.489 e. The van der Waals surface area contributed by atoms with E-state index in [4.69, 9.17) is 19.7 Å². The maximum absolute atomic E-state index is 14.1. The van der Waals surface area contributed by atoms with Crippen molar-refractivity contribution < 1.29 is 42.9 Å². The predicted molar refractivity (Wildman–Crippen MR) is 114 cm³/mol. The SMILES string of the molecule is O=C(O)C=CC(=O)O.O=C(OCc1c(F)cc(OCc2ccsc2)cc1F)N1CCNCC1. The first kappa shape index (κ1) is 25.7. The van der Waals surface area contributed by atoms with Crippen molar-refractivity contribution in [3.8, 4) is 5.75 Å². The zero-order chi connectivity index (χ0) is 24.2. The van der Waals surface area contributed by atoms with Gasteiger partial charge in [0.15, 0.2) is 0 Å². The molecule has 1 amide bonds. The number of nitrogens with zero attached hydrogens (tertiary/aromatic N) is 1. The van der Waals surface area contributed by atoms with Gasteiger partial charge >= 0.3 is 18.0 Å². The summed E-state index contributed by atoms with van der Waals surface area (Å²) >= 11 is 1.52. The van der Waals surface area contributed by atoms with Gasteiger partial charge in [-0.15, -0.1) is 0 Å². The minimum Gasteiger partial charge on any atom is -0.489 e. The van der Waals surface area contributed by atoms with Crippen molar-refractivity contribution in [2.45, 2.75) is 13.2 Å². The van der Waals surface area contributed by atoms with Crippen molar-refractivity contribution >= 4 is 29.4 Å². The number of ether oxygens (including phenoxy) is 2. The molecule has 1 aliphatic rings. The Kier molecular flexibility index (Phi) is 10.2. The molecule has 178 valence electrons. The Morgan fingerprint density at radius 1 is 1.06 bits per heavy atom. The molecule has 1 aliphatic heterocycles. The third-order valence-corrected chi connectivity index (χ3v) is 4.92. The van der Waals surface area contributed by atoms with E-state index in [-0.39, 0.29) is 17.9 Å². The fourth-order valence-corrected chi connectivity index (χ4v) is 3.21. The highest BCUT2D eigenvalue weighted by molar-refractivity contribution is 7.07. The van der Waals surface area contributed by atoms with Crippen LogP contribution >= 0.6 is 11.3 Å². The van der Waals surface area contributed by atoms with Crippen LogP contribution in [0, 0.1) is 11.6 Å². The molecule has 3 rings (SSSR count). The second-order valence-electron chi connectivity index (χ2n) is 6.59. The van der Waals surface area contributed by atoms with Crippen LogP contribution in [0.5, 0.6) is 5.75 Å². The summed E-state index contributed by atoms with van der Waals surface area (Å²) in [6.07, 6.45) is 0.545. The van der Waals surface area contributed by atoms with Crippen molar-refractivity contribution in [2.24, 2.45) is 0 Å². The first-order valence-electron chi connectivity index (χ1n) is 9.64. The van der Waals surface area contributed by atoms with Gasteiger partial charge < -0.3 is 29.9 Å². The van der Waals surface area contributed by atoms with Crippen molar-refractivity contribution in [2.75, 3.05) is 26.2 Å². The molecule has 2 aromatic rings. The van der Waals surface area contributed by atoms with Gasteiger partial charge in [-0.1, -0.05) is 0 Å². The van der Waals surface area contributed by atoms with Gasteiger partial charge in [-0.05, 0) is 22.4 Å². The van der Waals surface area contributed by atoms with E-state index in [1.54, 1.807) is 0 Å². The summed E-state index contributed by atoms with van der Waals surface area (Å²) < 4.78 is 38.7. The summed E-state index contributed by atoms with van der Waals surface area (Å²) in [7, 11) is 0. The predicted octanol–water partition coefficient (Wildman–Crippen LogP) is 2.86. The van der Waals surface area contributed by atoms with Gasteiger partial charge in [-0.2, -0.15) is 11.3 Å². The molecule has 0 spiro atoms. The lowest BCUT2D eigenvalue weighted by Gasteiger charge is -2.26. The van der Waals surface area contributed by atoms with E-state index in [9.17, 15) is 23.2 Å². The molecular weight excluding hydrogens is 462 g/mol. The maximum atomic E-state index is 14.1. The summed E-state index contributed by atoms with van der Waals surface area (Å²) in [4.78, 5) is 32.5. The molecule has 9 nitrogen and oxygen atoms in total. The first-order valence-corrected chi connectivity index (χ1v) is 10.6. The van der Waals surface area contributed by atoms with Gasteiger partial charge in [-0.25, -0.2) is 23.2 Å². The standard InChI is InChI=1S/C17H18F2N2O3S.C4H4O4/c18-15-7-13(23-9-12-1-6-25-11-12)8-16(19)14(15)10-24-17(22)21-4-2-20-3-5-21;5-3(6)1-2-4(7)8/h1,6-8,11,20H,2-5,9-10H2;1-2H,(H,5,6)(H,7,8). The fourth-order valence-electron chi connectivity index (χ4n) is 2.56. The van der Waals surface area contributed by atoms with Gasteiger partial charge in [0.2, 0.25) is 0 Å². The monoisotopic (exact) mass is 484 g/mol. The molecular formula is C21H22F2N2O7S. The number of amides is 1. The minimum absolute atomic E-state index is 0.0957. The van der Waals surface area contributed by atoms with Gasteiger partial charge in [0.1, 0.15) is 30.6 Å². The highest BCUT2D eigenvalue weighted by Gasteiger charge is 2.19. The van der Waals surface area contributed by atoms with Crippen LogP contribution in [0.1, 0.15) is 11.1 Å². The molecule has 1 aromatic heterocycles. The topological polar surface area (TPSA) is 125 Å². The number of halogens is 2. The zero-order valence-corrected chi connectivity index (χ0v) is 18.1. The van der Waals surface area contributed by atoms with Crippen molar-refractivity contribution in [1.29, 1.82) is 0 Å². The van der Waals surface area contributed by atoms with Crippen molar-refractivity contribution in [3.63, 3.8) is 0 Å². The van der Waals surface area contributed by atoms with Crippen molar-refractivity contribution in [3.05, 3.63) is 63.9 Å². The molecule has 0 radical (unpaired) electrons. The molecule has 12 heteroatoms. The third kappa shape index (κ3) is 9.25. The van der Waals surface area contributed by atoms with E-state index in [1.165, 1.54) is 16.2 Å². The number of hydrogen-bond acceptors (Lipinski definition) is 7. The highest BCUT2D eigenvalue weighted by atomic mass is 32.1. The molecule has 0 saturated carbocycles. The van der Waals surface area contributed by atoms with Crippen LogP contribution in [-0.2, 0) is 27.5 Å². The number of nitrogens with one attached hydrogen (secondary N) is 1. The highest BCUT2D eigenvalue weighted by Crippen LogP contribution is 2.23. The Morgan fingerprint density at radius 2 is 1.67 bits per heavy atom. The van der Waals surface area contributed by atoms with Crippen LogP contribution in [0.3, 0.4) is 0 Å². The van der Waals surface area contributed by atoms with Gasteiger partial charge in [-0.3, -0.25) is 0 Å². The fraction of sp³-hybridized carbons (Fsp3) is 0.286. The number of hydrogen-bond donors (Lipinski definition) is 3. The zero-order valence-electron chi connectivity index (χ0n) is 17.3. The lowest BCUT2D eigenvalue weighted by Crippen LogP contribution is -2.46. The van der Waals surface area contributed by atoms with Gasteiger partial charge in [0.05, 0.1) is 5.56 Å². The maximum Gasteiger partial charge on any atom is 0.410 e. The van der Waals surface area contributed by atoms with Crippen LogP contribution in [-0.4, -0.2) is 59.3 Å². The molecule has 0 atom stereocenters. The smallest absolute Gasteiger partial charge is 0.410 e. The average Bonchev–Trinajstić information content (AvgIpc) is 3.30. The molecule has 0 bridgehead atoms. The average molecular weight is 484 g/mol. The van der Waals surface area contributed by atoms with Crippen LogP contribution in [0.25, 0.3) is 0 Å². The summed E-state index contributed by atoms with van der Waals surface area (Å²) in [6, 6.07) is 4.08. The summed E-state index contributed by atoms with van der Waals surface area (Å²) in [5.41, 5.74) is 0.645. The van der Waals surface area contributed by atoms with Gasteiger partial charge in [0, 0.05) is 50.5 Å². The third-order valence-electron chi connectivity index (χ3n) is 4.18. The summed E-state index contributed by atoms with van der Waals surface area (Å²) in [5, 5.41) is 22.5. The molecule has 0 unspecified atom stereocenters. The Bertz CT molecular complexity index is 938. The second-order valence-corrected chi connectivity index (χ2v) is 7.37. The van der Waals surface area contributed by atoms with E-state index in [1.807, 2.05) is 16.8 Å². The normalized spacial score (nSPS) is 13.2. The number of carboxylic acid groups (broad SMARTS) is 2. The van der Waals surface area contributed by atoms with Crippen LogP contribution in [0.2, 0.25) is 0 Å². The second kappa shape index (κ2) is 13.1. The first-order chi connectivity index (χ1) is 15.8. The lowest BCUT2D eigenvalue weighted by atomic mass is 10.2. The summed E-state index contributed by atoms with van der Waals surface area (Å²) in [5.74, 6) is -4.01. The number of carbonyl (C=O) groups excluding carboxylic acids is 1. The molecule has 3 N–H and O–H groups in total. The molecule has 1 fully saturated rings. The van der Waals surface area contributed by atoms with Crippen molar-refractivity contribution in [1.82, 2.24) is 10.2 Å². The van der Waals surface area contributed by atoms with E-state index in [2.05, 4.69) is 5.32 Å². The minimum atomic E-state index is -1.26. The number of benzene rings is 1. The number of aliphatic carboxylic acids is 2. The van der Waals surface area contributed by atoms with E-state index < -0.39 is 36.3 Å². The number of piperazine rings is 1. The Balaban J connectivity index is 0.000000414. The van der Waals surface area contributed by atoms with E-state index >= 15 is 0 Å². The number of rotatable bonds is 7. The number of carboxylic acids is 2. The van der Waals surface area contributed by atoms with Crippen LogP contribution in [0.15, 0.2) is 41.1 Å². The van der Waals surface area contributed by atoms with E-state index in [0.29, 0.717) is 38.3 Å². The Morgan fingerprint density at radius 3 is 2.18 bits per heavy atom. The van der Waals surface area contributed by atoms with E-state index in [0.717, 1.165) is 17.7 Å². The molecule has 1 aromatic carbocycles. The van der Waals surface area contributed by atoms with Crippen LogP contribution < -0.4 is 10.1 Å². The quantitative estimate of drug-likeness (QED) is 0.513. The molecule has 0 aliphatic carbocycles. The lowest BCUT2D eigenvalue weighted by molar-refractivity contribution is -0.134. The molecule has 1 saturated heterocycles. The number of carbonyl (C=O) groups is 3. The Hall–Kier alpha value is -3.51. The van der Waals surface area contributed by atoms with Crippen LogP contribution in [0.4, 0.5) is 13.6 Å². The molecule has 33 heavy (non-hydrogen) atoms. The molecule has 2 heterocycles.